The number of alkyl halides is 3. The Bertz CT molecular complexity index is 1350. The largest absolute Gasteiger partial charge is 0.416 e. The topological polar surface area (TPSA) is 39.8 Å². The molecule has 0 unspecified atom stereocenters. The maximum atomic E-state index is 13.2. The lowest BCUT2D eigenvalue weighted by Gasteiger charge is -2.10. The molecule has 2 heterocycles. The first-order valence-electron chi connectivity index (χ1n) is 10.7. The summed E-state index contributed by atoms with van der Waals surface area (Å²) in [5.41, 5.74) is 3.57. The molecular weight excluding hydrogens is 459 g/mol. The minimum Gasteiger partial charge on any atom is -0.345 e. The lowest BCUT2D eigenvalue weighted by atomic mass is 10.2. The molecule has 0 radical (unpaired) electrons. The van der Waals surface area contributed by atoms with Gasteiger partial charge in [-0.2, -0.15) is 13.2 Å². The highest BCUT2D eigenvalue weighted by atomic mass is 32.2. The van der Waals surface area contributed by atoms with Crippen molar-refractivity contribution in [1.29, 1.82) is 0 Å². The molecule has 4 rings (SSSR count). The molecule has 0 bridgehead atoms. The van der Waals surface area contributed by atoms with E-state index in [0.29, 0.717) is 29.3 Å². The third kappa shape index (κ3) is 4.82. The summed E-state index contributed by atoms with van der Waals surface area (Å²) in [6.45, 7) is 8.66. The van der Waals surface area contributed by atoms with Crippen LogP contribution in [0.2, 0.25) is 0 Å². The van der Waals surface area contributed by atoms with E-state index in [0.717, 1.165) is 29.1 Å². The van der Waals surface area contributed by atoms with Gasteiger partial charge in [0.05, 0.1) is 28.9 Å². The second-order valence-corrected chi connectivity index (χ2v) is 9.01. The number of aryl methyl sites for hydroxylation is 1. The number of allylic oxidation sites excluding steroid dienone is 1. The van der Waals surface area contributed by atoms with Crippen molar-refractivity contribution in [2.75, 3.05) is 5.75 Å². The highest BCUT2D eigenvalue weighted by Gasteiger charge is 2.31. The Morgan fingerprint density at radius 1 is 1.09 bits per heavy atom. The summed E-state index contributed by atoms with van der Waals surface area (Å²) in [6.07, 6.45) is -2.67. The Morgan fingerprint density at radius 3 is 2.50 bits per heavy atom. The van der Waals surface area contributed by atoms with Crippen molar-refractivity contribution < 1.29 is 18.0 Å². The van der Waals surface area contributed by atoms with Crippen molar-refractivity contribution in [3.05, 3.63) is 95.3 Å². The first-order valence-corrected chi connectivity index (χ1v) is 11.7. The number of ketones is 1. The van der Waals surface area contributed by atoms with Gasteiger partial charge in [-0.15, -0.1) is 6.58 Å². The molecule has 0 aliphatic rings. The molecule has 4 nitrogen and oxygen atoms in total. The molecular formula is C26H24F3N3OS. The van der Waals surface area contributed by atoms with Gasteiger partial charge in [-0.25, -0.2) is 4.98 Å². The number of benzene rings is 2. The van der Waals surface area contributed by atoms with Gasteiger partial charge in [-0.3, -0.25) is 4.79 Å². The molecule has 4 aromatic rings. The van der Waals surface area contributed by atoms with E-state index in [1.807, 2.05) is 59.4 Å². The lowest BCUT2D eigenvalue weighted by Crippen LogP contribution is -2.08. The molecule has 2 aromatic carbocycles. The Kier molecular flexibility index (Phi) is 6.70. The molecule has 8 heteroatoms. The number of hydrogen-bond acceptors (Lipinski definition) is 3. The summed E-state index contributed by atoms with van der Waals surface area (Å²) in [4.78, 5) is 17.5. The normalized spacial score (nSPS) is 11.8. The van der Waals surface area contributed by atoms with Crippen LogP contribution in [0.1, 0.15) is 32.9 Å². The van der Waals surface area contributed by atoms with E-state index in [1.165, 1.54) is 17.8 Å². The Labute approximate surface area is 200 Å². The van der Waals surface area contributed by atoms with Crippen LogP contribution in [0.5, 0.6) is 0 Å². The van der Waals surface area contributed by atoms with E-state index in [2.05, 4.69) is 11.6 Å². The van der Waals surface area contributed by atoms with E-state index in [-0.39, 0.29) is 17.1 Å². The maximum Gasteiger partial charge on any atom is 0.416 e. The van der Waals surface area contributed by atoms with Crippen molar-refractivity contribution in [3.8, 4) is 0 Å². The van der Waals surface area contributed by atoms with Gasteiger partial charge >= 0.3 is 6.18 Å². The molecule has 176 valence electrons. The average Bonchev–Trinajstić information content (AvgIpc) is 3.29. The summed E-state index contributed by atoms with van der Waals surface area (Å²) < 4.78 is 43.6. The Hall–Kier alpha value is -3.26. The average molecular weight is 484 g/mol. The number of nitrogens with zero attached hydrogens (tertiary/aromatic N) is 3. The molecule has 34 heavy (non-hydrogen) atoms. The molecule has 0 aliphatic carbocycles. The van der Waals surface area contributed by atoms with Gasteiger partial charge in [0.15, 0.2) is 10.9 Å². The number of halogens is 3. The summed E-state index contributed by atoms with van der Waals surface area (Å²) in [7, 11) is 0. The Morgan fingerprint density at radius 2 is 1.82 bits per heavy atom. The maximum absolute atomic E-state index is 13.2. The second-order valence-electron chi connectivity index (χ2n) is 8.06. The third-order valence-corrected chi connectivity index (χ3v) is 6.72. The minimum atomic E-state index is -4.45. The summed E-state index contributed by atoms with van der Waals surface area (Å²) in [5, 5.41) is 0.506. The number of rotatable bonds is 8. The number of Topliss-reactive ketones (excluding diaryl/α,β-unsaturated/α-hetero) is 1. The Balaban J connectivity index is 1.66. The number of carbonyl (C=O) groups is 1. The van der Waals surface area contributed by atoms with Crippen molar-refractivity contribution >= 4 is 28.6 Å². The fraction of sp³-hybridized carbons (Fsp3) is 0.231. The summed E-state index contributed by atoms with van der Waals surface area (Å²) in [6, 6.07) is 15.1. The van der Waals surface area contributed by atoms with Crippen molar-refractivity contribution in [1.82, 2.24) is 14.1 Å². The highest BCUT2D eigenvalue weighted by Crippen LogP contribution is 2.33. The van der Waals surface area contributed by atoms with Gasteiger partial charge < -0.3 is 9.13 Å². The molecule has 0 fully saturated rings. The van der Waals surface area contributed by atoms with E-state index < -0.39 is 11.7 Å². The summed E-state index contributed by atoms with van der Waals surface area (Å²) >= 11 is 1.24. The number of thioether (sulfide) groups is 1. The van der Waals surface area contributed by atoms with Gasteiger partial charge in [-0.05, 0) is 43.7 Å². The number of aromatic nitrogens is 3. The van der Waals surface area contributed by atoms with Gasteiger partial charge in [-0.1, -0.05) is 48.2 Å². The van der Waals surface area contributed by atoms with Crippen LogP contribution in [0.25, 0.3) is 11.0 Å². The second kappa shape index (κ2) is 9.54. The lowest BCUT2D eigenvalue weighted by molar-refractivity contribution is -0.137. The number of fused-ring (bicyclic) bond motifs is 1. The number of carbonyl (C=O) groups excluding carboxylic acids is 1. The van der Waals surface area contributed by atoms with Crippen LogP contribution in [0.3, 0.4) is 0 Å². The van der Waals surface area contributed by atoms with Crippen molar-refractivity contribution in [3.63, 3.8) is 0 Å². The van der Waals surface area contributed by atoms with Gasteiger partial charge in [0.1, 0.15) is 0 Å². The first kappa shape index (κ1) is 23.9. The predicted molar refractivity (Wildman–Crippen MR) is 129 cm³/mol. The molecule has 0 atom stereocenters. The molecule has 0 aliphatic heterocycles. The van der Waals surface area contributed by atoms with E-state index in [1.54, 1.807) is 6.08 Å². The van der Waals surface area contributed by atoms with Gasteiger partial charge in [0.25, 0.3) is 0 Å². The smallest absolute Gasteiger partial charge is 0.345 e. The van der Waals surface area contributed by atoms with Gasteiger partial charge in [0.2, 0.25) is 0 Å². The molecule has 2 aromatic heterocycles. The van der Waals surface area contributed by atoms with Crippen LogP contribution in [-0.4, -0.2) is 25.7 Å². The van der Waals surface area contributed by atoms with Crippen molar-refractivity contribution in [2.24, 2.45) is 0 Å². The number of hydrogen-bond donors (Lipinski definition) is 0. The molecule has 0 spiro atoms. The molecule has 0 saturated carbocycles. The van der Waals surface area contributed by atoms with Crippen molar-refractivity contribution in [2.45, 2.75) is 38.3 Å². The van der Waals surface area contributed by atoms with Crippen LogP contribution in [0.4, 0.5) is 13.2 Å². The zero-order valence-corrected chi connectivity index (χ0v) is 19.7. The van der Waals surface area contributed by atoms with Crippen LogP contribution >= 0.6 is 11.8 Å². The quantitative estimate of drug-likeness (QED) is 0.159. The van der Waals surface area contributed by atoms with E-state index in [4.69, 9.17) is 0 Å². The van der Waals surface area contributed by atoms with Gasteiger partial charge in [0, 0.05) is 23.5 Å². The van der Waals surface area contributed by atoms with Crippen LogP contribution in [0, 0.1) is 13.8 Å². The molecule has 0 N–H and O–H groups in total. The van der Waals surface area contributed by atoms with Crippen LogP contribution < -0.4 is 0 Å². The van der Waals surface area contributed by atoms with Crippen LogP contribution in [0.15, 0.2) is 72.4 Å². The molecule has 0 saturated heterocycles. The zero-order chi connectivity index (χ0) is 24.5. The summed E-state index contributed by atoms with van der Waals surface area (Å²) in [5.74, 6) is 0.0746. The standard InChI is InChI=1S/C26H24F3N3OS/c1-4-12-31-17(2)13-21(18(31)3)24(33)16-34-25-30-22-14-20(26(27,28)29)10-11-23(22)32(25)15-19-8-6-5-7-9-19/h4-11,13-14H,1,12,15-16H2,2-3H3. The monoisotopic (exact) mass is 483 g/mol. The minimum absolute atomic E-state index is 0.0530. The SMILES string of the molecule is C=CCn1c(C)cc(C(=O)CSc2nc3cc(C(F)(F)F)ccc3n2Cc2ccccc2)c1C. The third-order valence-electron chi connectivity index (χ3n) is 5.74. The molecule has 0 amide bonds. The van der Waals surface area contributed by atoms with E-state index in [9.17, 15) is 18.0 Å². The zero-order valence-electron chi connectivity index (χ0n) is 18.9. The highest BCUT2D eigenvalue weighted by molar-refractivity contribution is 7.99. The fourth-order valence-corrected chi connectivity index (χ4v) is 4.91. The fourth-order valence-electron chi connectivity index (χ4n) is 4.01. The first-order chi connectivity index (χ1) is 16.2. The van der Waals surface area contributed by atoms with Crippen LogP contribution in [-0.2, 0) is 19.3 Å². The number of imidazole rings is 1. The predicted octanol–water partition coefficient (Wildman–Crippen LogP) is 6.68. The van der Waals surface area contributed by atoms with E-state index >= 15 is 0 Å².